The highest BCUT2D eigenvalue weighted by molar-refractivity contribution is 5.90. The molecule has 1 saturated heterocycles. The van der Waals surface area contributed by atoms with Gasteiger partial charge in [0, 0.05) is 40.3 Å². The average Bonchev–Trinajstić information content (AvgIpc) is 3.56. The van der Waals surface area contributed by atoms with Gasteiger partial charge in [-0.05, 0) is 56.2 Å². The van der Waals surface area contributed by atoms with E-state index >= 15 is 0 Å². The van der Waals surface area contributed by atoms with E-state index in [0.717, 1.165) is 31.4 Å². The summed E-state index contributed by atoms with van der Waals surface area (Å²) in [4.78, 5) is 56.9. The topological polar surface area (TPSA) is 150 Å². The summed E-state index contributed by atoms with van der Waals surface area (Å²) in [6, 6.07) is 6.82. The van der Waals surface area contributed by atoms with Crippen LogP contribution in [-0.2, 0) is 35.1 Å². The largest absolute Gasteiger partial charge is 0.480 e. The number of carboxylic acid groups (broad SMARTS) is 1. The van der Waals surface area contributed by atoms with Crippen molar-refractivity contribution in [1.29, 1.82) is 0 Å². The fourth-order valence-corrected chi connectivity index (χ4v) is 7.55. The molecule has 0 radical (unpaired) electrons. The van der Waals surface area contributed by atoms with Gasteiger partial charge in [0.25, 0.3) is 0 Å². The van der Waals surface area contributed by atoms with Gasteiger partial charge >= 0.3 is 5.97 Å². The van der Waals surface area contributed by atoms with Gasteiger partial charge in [-0.2, -0.15) is 0 Å². The highest BCUT2D eigenvalue weighted by Crippen LogP contribution is 2.29. The van der Waals surface area contributed by atoms with Crippen molar-refractivity contribution >= 4 is 23.7 Å². The van der Waals surface area contributed by atoms with Crippen molar-refractivity contribution in [3.05, 3.63) is 35.9 Å². The summed E-state index contributed by atoms with van der Waals surface area (Å²) in [5.41, 5.74) is 0.830. The van der Waals surface area contributed by atoms with E-state index in [4.69, 9.17) is 9.47 Å². The fourth-order valence-electron chi connectivity index (χ4n) is 7.55. The number of hydrogen-bond acceptors (Lipinski definition) is 8. The molecule has 12 heteroatoms. The Hall–Kier alpha value is -3.06. The molecule has 1 aliphatic rings. The summed E-state index contributed by atoms with van der Waals surface area (Å²) in [6.45, 7) is 15.3. The second-order valence-corrected chi connectivity index (χ2v) is 15.0. The van der Waals surface area contributed by atoms with Crippen LogP contribution < -0.4 is 16.0 Å². The van der Waals surface area contributed by atoms with Crippen molar-refractivity contribution in [2.24, 2.45) is 23.7 Å². The van der Waals surface area contributed by atoms with E-state index < -0.39 is 36.1 Å². The molecule has 1 fully saturated rings. The SMILES string of the molecule is CC[C@H](C)C([C@@H](CCN1CCC[C@H]1C(OC)[C@@H](C)C(=O)N[C@@H](Cc1ccccc1)C(=O)O)OC)N(C)C(=O)[C@@H](NC(=O)[C@@H](NC)C(C)C)C(C)C. The molecule has 2 unspecified atom stereocenters. The lowest BCUT2D eigenvalue weighted by atomic mass is 9.89. The van der Waals surface area contributed by atoms with Crippen LogP contribution in [-0.4, -0.2) is 122 Å². The lowest BCUT2D eigenvalue weighted by Crippen LogP contribution is -2.59. The third-order valence-electron chi connectivity index (χ3n) is 10.8. The van der Waals surface area contributed by atoms with Crippen molar-refractivity contribution in [1.82, 2.24) is 25.8 Å². The highest BCUT2D eigenvalue weighted by Gasteiger charge is 2.41. The van der Waals surface area contributed by atoms with Crippen molar-refractivity contribution in [2.45, 2.75) is 123 Å². The molecule has 0 spiro atoms. The minimum absolute atomic E-state index is 0.0475. The Balaban J connectivity index is 2.20. The maximum Gasteiger partial charge on any atom is 0.326 e. The average molecular weight is 718 g/mol. The second-order valence-electron chi connectivity index (χ2n) is 15.0. The Morgan fingerprint density at radius 2 is 1.57 bits per heavy atom. The van der Waals surface area contributed by atoms with Gasteiger partial charge in [-0.3, -0.25) is 19.3 Å². The summed E-state index contributed by atoms with van der Waals surface area (Å²) in [5.74, 6) is -2.30. The lowest BCUT2D eigenvalue weighted by molar-refractivity contribution is -0.144. The predicted octanol–water partition coefficient (Wildman–Crippen LogP) is 3.58. The van der Waals surface area contributed by atoms with Crippen LogP contribution in [0.2, 0.25) is 0 Å². The number of amides is 3. The lowest BCUT2D eigenvalue weighted by Gasteiger charge is -2.41. The van der Waals surface area contributed by atoms with Gasteiger partial charge in [0.1, 0.15) is 12.1 Å². The van der Waals surface area contributed by atoms with Crippen LogP contribution in [0.25, 0.3) is 0 Å². The molecule has 1 heterocycles. The van der Waals surface area contributed by atoms with Crippen molar-refractivity contribution < 1.29 is 33.8 Å². The Morgan fingerprint density at radius 1 is 0.941 bits per heavy atom. The van der Waals surface area contributed by atoms with E-state index in [1.165, 1.54) is 0 Å². The van der Waals surface area contributed by atoms with Gasteiger partial charge in [0.05, 0.1) is 30.2 Å². The number of benzene rings is 1. The maximum absolute atomic E-state index is 14.1. The van der Waals surface area contributed by atoms with Crippen LogP contribution in [0.15, 0.2) is 30.3 Å². The number of rotatable bonds is 22. The standard InChI is InChI=1S/C39H67N5O7/c1-12-26(6)34(43(9)38(47)33(25(4)5)42-37(46)32(40-8)24(2)3)31(50-10)20-22-44-21-16-19-30(44)35(51-11)27(7)36(45)41-29(39(48)49)23-28-17-14-13-15-18-28/h13-15,17-18,24-27,29-35,40H,12,16,19-23H2,1-11H3,(H,41,45)(H,42,46)(H,48,49)/t26-,27+,29-,30-,31+,32-,33-,34?,35?/m0/s1. The van der Waals surface area contributed by atoms with Crippen LogP contribution in [0.4, 0.5) is 0 Å². The summed E-state index contributed by atoms with van der Waals surface area (Å²) in [5, 5.41) is 18.7. The zero-order valence-electron chi connectivity index (χ0n) is 33.0. The minimum Gasteiger partial charge on any atom is -0.480 e. The Morgan fingerprint density at radius 3 is 2.08 bits per heavy atom. The predicted molar refractivity (Wildman–Crippen MR) is 200 cm³/mol. The summed E-state index contributed by atoms with van der Waals surface area (Å²) >= 11 is 0. The second kappa shape index (κ2) is 21.5. The summed E-state index contributed by atoms with van der Waals surface area (Å²) in [6.07, 6.45) is 2.72. The number of carbonyl (C=O) groups is 4. The first kappa shape index (κ1) is 44.1. The number of aliphatic carboxylic acids is 1. The van der Waals surface area contributed by atoms with E-state index in [2.05, 4.69) is 34.7 Å². The number of likely N-dealkylation sites (tertiary alicyclic amines) is 1. The molecule has 2 rings (SSSR count). The van der Waals surface area contributed by atoms with Gasteiger partial charge in [-0.1, -0.05) is 85.2 Å². The van der Waals surface area contributed by atoms with Crippen molar-refractivity contribution in [3.8, 4) is 0 Å². The van der Waals surface area contributed by atoms with E-state index in [9.17, 15) is 24.3 Å². The first-order valence-corrected chi connectivity index (χ1v) is 18.7. The number of carbonyl (C=O) groups excluding carboxylic acids is 3. The molecule has 51 heavy (non-hydrogen) atoms. The summed E-state index contributed by atoms with van der Waals surface area (Å²) < 4.78 is 12.1. The number of ether oxygens (including phenoxy) is 2. The normalized spacial score (nSPS) is 19.8. The molecule has 3 amide bonds. The molecule has 9 atom stereocenters. The Bertz CT molecular complexity index is 1230. The molecule has 12 nitrogen and oxygen atoms in total. The summed E-state index contributed by atoms with van der Waals surface area (Å²) in [7, 11) is 6.85. The van der Waals surface area contributed by atoms with Crippen LogP contribution >= 0.6 is 0 Å². The molecule has 0 aliphatic carbocycles. The van der Waals surface area contributed by atoms with E-state index in [1.54, 1.807) is 33.1 Å². The minimum atomic E-state index is -1.08. The number of methoxy groups -OCH3 is 2. The molecular formula is C39H67N5O7. The van der Waals surface area contributed by atoms with Crippen molar-refractivity contribution in [3.63, 3.8) is 0 Å². The molecule has 290 valence electrons. The van der Waals surface area contributed by atoms with Gasteiger partial charge in [0.15, 0.2) is 0 Å². The number of likely N-dealkylation sites (N-methyl/N-ethyl adjacent to an activating group) is 2. The Labute approximate surface area is 306 Å². The number of nitrogens with zero attached hydrogens (tertiary/aromatic N) is 2. The molecule has 1 aromatic carbocycles. The fraction of sp³-hybridized carbons (Fsp3) is 0.744. The first-order valence-electron chi connectivity index (χ1n) is 18.7. The van der Waals surface area contributed by atoms with Gasteiger partial charge in [-0.25, -0.2) is 4.79 Å². The van der Waals surface area contributed by atoms with E-state index in [0.29, 0.717) is 13.0 Å². The van der Waals surface area contributed by atoms with E-state index in [1.807, 2.05) is 65.1 Å². The number of hydrogen-bond donors (Lipinski definition) is 4. The molecule has 1 aliphatic heterocycles. The molecular weight excluding hydrogens is 650 g/mol. The quantitative estimate of drug-likeness (QED) is 0.141. The molecule has 0 aromatic heterocycles. The van der Waals surface area contributed by atoms with Gasteiger partial charge in [-0.15, -0.1) is 0 Å². The van der Waals surface area contributed by atoms with Crippen LogP contribution in [0.1, 0.15) is 79.7 Å². The zero-order chi connectivity index (χ0) is 38.4. The van der Waals surface area contributed by atoms with E-state index in [-0.39, 0.29) is 60.1 Å². The maximum atomic E-state index is 14.1. The van der Waals surface area contributed by atoms with Crippen LogP contribution in [0.3, 0.4) is 0 Å². The van der Waals surface area contributed by atoms with Crippen molar-refractivity contribution in [2.75, 3.05) is 41.4 Å². The number of carboxylic acids is 1. The monoisotopic (exact) mass is 718 g/mol. The molecule has 1 aromatic rings. The molecule has 4 N–H and O–H groups in total. The molecule has 0 saturated carbocycles. The van der Waals surface area contributed by atoms with Gasteiger partial charge < -0.3 is 35.4 Å². The first-order chi connectivity index (χ1) is 24.1. The smallest absolute Gasteiger partial charge is 0.326 e. The third-order valence-corrected chi connectivity index (χ3v) is 10.8. The van der Waals surface area contributed by atoms with Crippen LogP contribution in [0.5, 0.6) is 0 Å². The zero-order valence-corrected chi connectivity index (χ0v) is 33.0. The highest BCUT2D eigenvalue weighted by atomic mass is 16.5. The molecule has 0 bridgehead atoms. The number of nitrogens with one attached hydrogen (secondary N) is 3. The van der Waals surface area contributed by atoms with Gasteiger partial charge in [0.2, 0.25) is 17.7 Å². The Kier molecular flexibility index (Phi) is 18.6. The third kappa shape index (κ3) is 12.3. The van der Waals surface area contributed by atoms with Crippen LogP contribution in [0, 0.1) is 23.7 Å².